The Bertz CT molecular complexity index is 174. The van der Waals surface area contributed by atoms with Crippen molar-refractivity contribution in [3.05, 3.63) is 12.2 Å². The van der Waals surface area contributed by atoms with Crippen molar-refractivity contribution in [3.63, 3.8) is 0 Å². The predicted molar refractivity (Wildman–Crippen MR) is 35.7 cm³/mol. The number of hydrogen-bond acceptors (Lipinski definition) is 2. The Kier molecular flexibility index (Phi) is 1.76. The van der Waals surface area contributed by atoms with Crippen LogP contribution in [0.3, 0.4) is 0 Å². The lowest BCUT2D eigenvalue weighted by atomic mass is 10.1. The van der Waals surface area contributed by atoms with Gasteiger partial charge in [0.15, 0.2) is 0 Å². The molecule has 0 saturated carbocycles. The fourth-order valence-corrected chi connectivity index (χ4v) is 0.881. The summed E-state index contributed by atoms with van der Waals surface area (Å²) in [6, 6.07) is 0. The number of hydrogen-bond donors (Lipinski definition) is 1. The van der Waals surface area contributed by atoms with Crippen LogP contribution in [0.25, 0.3) is 0 Å². The summed E-state index contributed by atoms with van der Waals surface area (Å²) in [5.41, 5.74) is 0.173. The third-order valence-corrected chi connectivity index (χ3v) is 1.60. The molecule has 1 saturated heterocycles. The Hall–Kier alpha value is -0.830. The van der Waals surface area contributed by atoms with Crippen molar-refractivity contribution in [2.24, 2.45) is 0 Å². The zero-order valence-corrected chi connectivity index (χ0v) is 5.83. The highest BCUT2D eigenvalue weighted by molar-refractivity contribution is 5.87. The predicted octanol–water partition coefficient (Wildman–Crippen LogP) is 0.805. The van der Waals surface area contributed by atoms with Crippen LogP contribution in [0.4, 0.5) is 0 Å². The van der Waals surface area contributed by atoms with Gasteiger partial charge in [-0.1, -0.05) is 13.5 Å². The molecular weight excluding hydrogens is 132 g/mol. The first kappa shape index (κ1) is 7.28. The summed E-state index contributed by atoms with van der Waals surface area (Å²) in [5.74, 6) is -0.957. The number of ether oxygens (including phenoxy) is 1. The maximum atomic E-state index is 10.3. The number of rotatable bonds is 3. The van der Waals surface area contributed by atoms with E-state index in [9.17, 15) is 4.79 Å². The monoisotopic (exact) mass is 142 g/mol. The molecule has 10 heavy (non-hydrogen) atoms. The summed E-state index contributed by atoms with van der Waals surface area (Å²) in [6.07, 6.45) is 0.739. The zero-order chi connectivity index (χ0) is 7.72. The van der Waals surface area contributed by atoms with Crippen molar-refractivity contribution >= 4 is 5.97 Å². The number of aliphatic carboxylic acids is 1. The summed E-state index contributed by atoms with van der Waals surface area (Å²) in [4.78, 5) is 10.3. The molecule has 56 valence electrons. The molecule has 2 unspecified atom stereocenters. The molecule has 2 atom stereocenters. The molecule has 0 radical (unpaired) electrons. The smallest absolute Gasteiger partial charge is 0.333 e. The van der Waals surface area contributed by atoms with Gasteiger partial charge in [-0.2, -0.15) is 0 Å². The Balaban J connectivity index is 2.40. The Morgan fingerprint density at radius 1 is 1.80 bits per heavy atom. The van der Waals surface area contributed by atoms with Crippen molar-refractivity contribution in [2.45, 2.75) is 25.6 Å². The molecule has 1 rings (SSSR count). The first-order chi connectivity index (χ1) is 4.66. The lowest BCUT2D eigenvalue weighted by Gasteiger charge is -1.90. The minimum Gasteiger partial charge on any atom is -0.478 e. The molecule has 0 aromatic carbocycles. The number of carbonyl (C=O) groups is 1. The molecule has 0 aliphatic carbocycles. The fourth-order valence-electron chi connectivity index (χ4n) is 0.881. The summed E-state index contributed by atoms with van der Waals surface area (Å²) in [6.45, 7) is 5.35. The lowest BCUT2D eigenvalue weighted by Crippen LogP contribution is -2.06. The molecule has 0 amide bonds. The van der Waals surface area contributed by atoms with E-state index in [2.05, 4.69) is 6.58 Å². The van der Waals surface area contributed by atoms with Crippen molar-refractivity contribution in [1.29, 1.82) is 0 Å². The summed E-state index contributed by atoms with van der Waals surface area (Å²) >= 11 is 0. The maximum Gasteiger partial charge on any atom is 0.333 e. The number of carboxylic acid groups (broad SMARTS) is 1. The Morgan fingerprint density at radius 2 is 2.40 bits per heavy atom. The van der Waals surface area contributed by atoms with Crippen LogP contribution in [0.5, 0.6) is 0 Å². The Labute approximate surface area is 59.3 Å². The van der Waals surface area contributed by atoms with Gasteiger partial charge in [0.05, 0.1) is 11.7 Å². The van der Waals surface area contributed by atoms with E-state index in [1.165, 1.54) is 0 Å². The van der Waals surface area contributed by atoms with Gasteiger partial charge < -0.3 is 9.84 Å². The molecule has 3 heteroatoms. The third-order valence-electron chi connectivity index (χ3n) is 1.60. The van der Waals surface area contributed by atoms with Gasteiger partial charge in [0.1, 0.15) is 6.10 Å². The van der Waals surface area contributed by atoms with E-state index in [0.717, 1.165) is 6.42 Å². The van der Waals surface area contributed by atoms with Gasteiger partial charge in [0.2, 0.25) is 0 Å². The van der Waals surface area contributed by atoms with Gasteiger partial charge in [-0.3, -0.25) is 0 Å². The molecule has 3 nitrogen and oxygen atoms in total. The van der Waals surface area contributed by atoms with Crippen LogP contribution < -0.4 is 0 Å². The van der Waals surface area contributed by atoms with Gasteiger partial charge in [-0.25, -0.2) is 4.79 Å². The molecule has 1 aliphatic rings. The van der Waals surface area contributed by atoms with Crippen LogP contribution in [0.1, 0.15) is 13.3 Å². The highest BCUT2D eigenvalue weighted by Gasteiger charge is 2.41. The van der Waals surface area contributed by atoms with E-state index in [1.807, 2.05) is 6.92 Å². The second-order valence-electron chi connectivity index (χ2n) is 2.33. The van der Waals surface area contributed by atoms with Crippen LogP contribution in [0.15, 0.2) is 12.2 Å². The van der Waals surface area contributed by atoms with Crippen molar-refractivity contribution in [2.75, 3.05) is 0 Å². The minimum atomic E-state index is -0.957. The van der Waals surface area contributed by atoms with E-state index in [0.29, 0.717) is 0 Å². The molecule has 0 spiro atoms. The standard InChI is InChI=1S/C7H10O3/c1-3-5-6(10-5)4(2)7(8)9/h5-6H,2-3H2,1H3,(H,8,9). The Morgan fingerprint density at radius 3 is 2.70 bits per heavy atom. The van der Waals surface area contributed by atoms with Gasteiger partial charge in [0, 0.05) is 0 Å². The van der Waals surface area contributed by atoms with Crippen molar-refractivity contribution in [3.8, 4) is 0 Å². The lowest BCUT2D eigenvalue weighted by molar-refractivity contribution is -0.132. The molecule has 0 aromatic rings. The summed E-state index contributed by atoms with van der Waals surface area (Å²) < 4.78 is 5.01. The van der Waals surface area contributed by atoms with Gasteiger partial charge in [0.25, 0.3) is 0 Å². The van der Waals surface area contributed by atoms with Crippen LogP contribution in [0, 0.1) is 0 Å². The number of carboxylic acids is 1. The van der Waals surface area contributed by atoms with E-state index < -0.39 is 5.97 Å². The maximum absolute atomic E-state index is 10.3. The highest BCUT2D eigenvalue weighted by atomic mass is 16.6. The topological polar surface area (TPSA) is 49.8 Å². The van der Waals surface area contributed by atoms with E-state index in [1.54, 1.807) is 0 Å². The fraction of sp³-hybridized carbons (Fsp3) is 0.571. The second kappa shape index (κ2) is 2.42. The van der Waals surface area contributed by atoms with Crippen LogP contribution >= 0.6 is 0 Å². The third kappa shape index (κ3) is 1.19. The summed E-state index contributed by atoms with van der Waals surface area (Å²) in [5, 5.41) is 8.43. The van der Waals surface area contributed by atoms with Crippen molar-refractivity contribution < 1.29 is 14.6 Å². The second-order valence-corrected chi connectivity index (χ2v) is 2.33. The SMILES string of the molecule is C=C(C(=O)O)C1OC1CC. The minimum absolute atomic E-state index is 0.101. The van der Waals surface area contributed by atoms with Gasteiger partial charge >= 0.3 is 5.97 Å². The van der Waals surface area contributed by atoms with E-state index >= 15 is 0 Å². The van der Waals surface area contributed by atoms with Crippen LogP contribution in [-0.2, 0) is 9.53 Å². The molecule has 0 aromatic heterocycles. The van der Waals surface area contributed by atoms with Crippen LogP contribution in [-0.4, -0.2) is 23.3 Å². The average Bonchev–Trinajstić information content (AvgIpc) is 2.64. The highest BCUT2D eigenvalue weighted by Crippen LogP contribution is 2.30. The zero-order valence-electron chi connectivity index (χ0n) is 5.83. The molecule has 1 heterocycles. The van der Waals surface area contributed by atoms with E-state index in [4.69, 9.17) is 9.84 Å². The quantitative estimate of drug-likeness (QED) is 0.468. The molecule has 1 N–H and O–H groups in total. The number of epoxide rings is 1. The van der Waals surface area contributed by atoms with E-state index in [-0.39, 0.29) is 17.8 Å². The molecule has 0 bridgehead atoms. The molecule has 1 fully saturated rings. The first-order valence-corrected chi connectivity index (χ1v) is 3.24. The largest absolute Gasteiger partial charge is 0.478 e. The van der Waals surface area contributed by atoms with Gasteiger partial charge in [-0.15, -0.1) is 0 Å². The normalized spacial score (nSPS) is 29.7. The summed E-state index contributed by atoms with van der Waals surface area (Å²) in [7, 11) is 0. The first-order valence-electron chi connectivity index (χ1n) is 3.24. The average molecular weight is 142 g/mol. The molecular formula is C7H10O3. The molecule has 1 aliphatic heterocycles. The van der Waals surface area contributed by atoms with Crippen molar-refractivity contribution in [1.82, 2.24) is 0 Å². The van der Waals surface area contributed by atoms with Crippen LogP contribution in [0.2, 0.25) is 0 Å². The van der Waals surface area contributed by atoms with Gasteiger partial charge in [-0.05, 0) is 6.42 Å².